The van der Waals surface area contributed by atoms with Gasteiger partial charge in [-0.05, 0) is 84.7 Å². The minimum Gasteiger partial charge on any atom is -0.497 e. The highest BCUT2D eigenvalue weighted by molar-refractivity contribution is 5.96. The van der Waals surface area contributed by atoms with Crippen LogP contribution in [0, 0.1) is 24.6 Å². The fourth-order valence-electron chi connectivity index (χ4n) is 5.37. The number of anilines is 1. The van der Waals surface area contributed by atoms with Crippen molar-refractivity contribution in [2.24, 2.45) is 16.9 Å². The lowest BCUT2D eigenvalue weighted by molar-refractivity contribution is -0.137. The molecule has 3 aromatic rings. The monoisotopic (exact) mass is 540 g/mol. The van der Waals surface area contributed by atoms with Gasteiger partial charge in [-0.25, -0.2) is 4.39 Å². The lowest BCUT2D eigenvalue weighted by Crippen LogP contribution is -2.39. The van der Waals surface area contributed by atoms with Crippen molar-refractivity contribution in [3.8, 4) is 16.9 Å². The largest absolute Gasteiger partial charge is 0.497 e. The molecule has 5 rings (SSSR count). The molecule has 1 heterocycles. The molecule has 0 amide bonds. The molecule has 9 heteroatoms. The Hall–Kier alpha value is -3.88. The molecule has 39 heavy (non-hydrogen) atoms. The molecule has 0 radical (unpaired) electrons. The fraction of sp³-hybridized carbons (Fsp3) is 0.333. The first kappa shape index (κ1) is 26.7. The molecule has 0 aromatic heterocycles. The Balaban J connectivity index is 1.37. The first-order valence-corrected chi connectivity index (χ1v) is 12.7. The van der Waals surface area contributed by atoms with E-state index in [9.17, 15) is 27.5 Å². The van der Waals surface area contributed by atoms with Gasteiger partial charge in [0.25, 0.3) is 0 Å². The molecule has 1 aliphatic carbocycles. The van der Waals surface area contributed by atoms with Crippen molar-refractivity contribution in [2.45, 2.75) is 44.8 Å². The van der Waals surface area contributed by atoms with Crippen LogP contribution in [-0.2, 0) is 11.2 Å². The van der Waals surface area contributed by atoms with Crippen LogP contribution in [-0.4, -0.2) is 36.1 Å². The number of aryl methyl sites for hydroxylation is 1. The van der Waals surface area contributed by atoms with E-state index in [-0.39, 0.29) is 11.7 Å². The van der Waals surface area contributed by atoms with Crippen molar-refractivity contribution in [2.75, 3.05) is 12.1 Å². The summed E-state index contributed by atoms with van der Waals surface area (Å²) in [5, 5.41) is 14.6. The minimum absolute atomic E-state index is 0.199. The lowest BCUT2D eigenvalue weighted by atomic mass is 9.88. The van der Waals surface area contributed by atoms with Crippen LogP contribution in [0.4, 0.5) is 23.2 Å². The molecular weight excluding hydrogens is 512 g/mol. The van der Waals surface area contributed by atoms with Crippen LogP contribution in [0.3, 0.4) is 0 Å². The highest BCUT2D eigenvalue weighted by Gasteiger charge is 2.55. The third-order valence-corrected chi connectivity index (χ3v) is 7.49. The van der Waals surface area contributed by atoms with Gasteiger partial charge in [0.15, 0.2) is 0 Å². The minimum atomic E-state index is -4.61. The Morgan fingerprint density at radius 2 is 1.79 bits per heavy atom. The molecule has 2 aliphatic rings. The predicted octanol–water partition coefficient (Wildman–Crippen LogP) is 7.01. The van der Waals surface area contributed by atoms with E-state index in [1.165, 1.54) is 18.2 Å². The second kappa shape index (κ2) is 10.4. The summed E-state index contributed by atoms with van der Waals surface area (Å²) < 4.78 is 61.1. The molecule has 3 aromatic carbocycles. The quantitative estimate of drug-likeness (QED) is 0.312. The number of carbonyl (C=O) groups is 1. The number of rotatable bonds is 8. The summed E-state index contributed by atoms with van der Waals surface area (Å²) in [4.78, 5) is 11.5. The van der Waals surface area contributed by atoms with E-state index in [2.05, 4.69) is 5.10 Å². The number of ether oxygens (including phenoxy) is 1. The normalized spacial score (nSPS) is 19.2. The van der Waals surface area contributed by atoms with Gasteiger partial charge in [0.2, 0.25) is 0 Å². The molecule has 1 fully saturated rings. The van der Waals surface area contributed by atoms with Gasteiger partial charge in [-0.15, -0.1) is 0 Å². The smallest absolute Gasteiger partial charge is 0.431 e. The van der Waals surface area contributed by atoms with Crippen LogP contribution < -0.4 is 9.75 Å². The number of alkyl halides is 3. The van der Waals surface area contributed by atoms with Crippen molar-refractivity contribution in [1.29, 1.82) is 0 Å². The summed E-state index contributed by atoms with van der Waals surface area (Å²) in [5.74, 6) is -2.08. The van der Waals surface area contributed by atoms with Crippen LogP contribution in [0.1, 0.15) is 36.0 Å². The van der Waals surface area contributed by atoms with E-state index in [0.29, 0.717) is 36.3 Å². The average Bonchev–Trinajstić information content (AvgIpc) is 3.66. The summed E-state index contributed by atoms with van der Waals surface area (Å²) >= 11 is 0. The summed E-state index contributed by atoms with van der Waals surface area (Å²) in [7, 11) is 1.53. The number of nitrogens with zero attached hydrogens (tertiary/aromatic N) is 2. The van der Waals surface area contributed by atoms with Crippen LogP contribution in [0.2, 0.25) is 0 Å². The molecule has 5 nitrogen and oxygen atoms in total. The van der Waals surface area contributed by atoms with E-state index >= 15 is 0 Å². The Morgan fingerprint density at radius 3 is 2.38 bits per heavy atom. The van der Waals surface area contributed by atoms with Crippen LogP contribution >= 0.6 is 0 Å². The number of aliphatic carboxylic acids is 1. The fourth-order valence-corrected chi connectivity index (χ4v) is 5.37. The zero-order valence-electron chi connectivity index (χ0n) is 21.5. The molecule has 0 spiro atoms. The maximum Gasteiger partial charge on any atom is 0.431 e. The number of benzene rings is 3. The molecule has 2 atom stereocenters. The van der Waals surface area contributed by atoms with E-state index in [1.807, 2.05) is 37.3 Å². The number of carboxylic acid groups (broad SMARTS) is 1. The average molecular weight is 541 g/mol. The van der Waals surface area contributed by atoms with Crippen LogP contribution in [0.15, 0.2) is 65.8 Å². The van der Waals surface area contributed by atoms with Gasteiger partial charge in [-0.2, -0.15) is 18.3 Å². The summed E-state index contributed by atoms with van der Waals surface area (Å²) in [6.45, 7) is 1.94. The molecule has 1 aliphatic heterocycles. The SMILES string of the molecule is COc1ccc(F)c(-c2ccc(Cc3ccc(N4N=C(C(F)(F)F)C(C5CC5)C4CC(=O)O)cc3)c(C)c2)c1. The van der Waals surface area contributed by atoms with Gasteiger partial charge in [-0.1, -0.05) is 30.3 Å². The first-order valence-electron chi connectivity index (χ1n) is 12.7. The Morgan fingerprint density at radius 1 is 1.08 bits per heavy atom. The Bertz CT molecular complexity index is 1410. The van der Waals surface area contributed by atoms with E-state index in [0.717, 1.165) is 22.3 Å². The summed E-state index contributed by atoms with van der Waals surface area (Å²) in [5.41, 5.74) is 3.62. The molecule has 1 N–H and O–H groups in total. The topological polar surface area (TPSA) is 62.1 Å². The van der Waals surface area contributed by atoms with Crippen molar-refractivity contribution in [3.05, 3.63) is 83.2 Å². The Labute approximate surface area is 223 Å². The van der Waals surface area contributed by atoms with Crippen molar-refractivity contribution in [3.63, 3.8) is 0 Å². The lowest BCUT2D eigenvalue weighted by Gasteiger charge is -2.27. The highest BCUT2D eigenvalue weighted by atomic mass is 19.4. The standard InChI is InChI=1S/C30H28F4N2O3/c1-17-13-21(24-15-23(39-2)11-12-25(24)31)8-7-20(17)14-18-3-9-22(10-4-18)36-26(16-27(37)38)28(19-5-6-19)29(35-36)30(32,33)34/h3-4,7-13,15,19,26,28H,5-6,14,16H2,1-2H3,(H,37,38). The van der Waals surface area contributed by atoms with Gasteiger partial charge in [0.05, 0.1) is 25.3 Å². The van der Waals surface area contributed by atoms with Crippen LogP contribution in [0.25, 0.3) is 11.1 Å². The number of hydrazone groups is 1. The third kappa shape index (κ3) is 5.62. The van der Waals surface area contributed by atoms with Crippen molar-refractivity contribution < 1.29 is 32.2 Å². The second-order valence-corrected chi connectivity index (χ2v) is 10.2. The Kier molecular flexibility index (Phi) is 7.09. The molecule has 2 unspecified atom stereocenters. The van der Waals surface area contributed by atoms with E-state index < -0.39 is 36.2 Å². The number of carboxylic acids is 1. The van der Waals surface area contributed by atoms with Gasteiger partial charge < -0.3 is 9.84 Å². The third-order valence-electron chi connectivity index (χ3n) is 7.49. The van der Waals surface area contributed by atoms with Crippen molar-refractivity contribution >= 4 is 17.4 Å². The summed E-state index contributed by atoms with van der Waals surface area (Å²) in [6, 6.07) is 16.4. The highest BCUT2D eigenvalue weighted by Crippen LogP contribution is 2.48. The van der Waals surface area contributed by atoms with E-state index in [4.69, 9.17) is 4.74 Å². The molecule has 0 bridgehead atoms. The maximum absolute atomic E-state index is 14.4. The number of hydrogen-bond acceptors (Lipinski definition) is 4. The number of methoxy groups -OCH3 is 1. The van der Waals surface area contributed by atoms with Gasteiger partial charge in [-0.3, -0.25) is 9.80 Å². The van der Waals surface area contributed by atoms with Crippen LogP contribution in [0.5, 0.6) is 5.75 Å². The predicted molar refractivity (Wildman–Crippen MR) is 141 cm³/mol. The summed E-state index contributed by atoms with van der Waals surface area (Å²) in [6.07, 6.45) is -3.19. The van der Waals surface area contributed by atoms with Gasteiger partial charge in [0.1, 0.15) is 17.3 Å². The zero-order chi connectivity index (χ0) is 27.9. The number of halogens is 4. The van der Waals surface area contributed by atoms with E-state index in [1.54, 1.807) is 24.3 Å². The van der Waals surface area contributed by atoms with Gasteiger partial charge >= 0.3 is 12.1 Å². The molecular formula is C30H28F4N2O3. The number of hydrogen-bond donors (Lipinski definition) is 1. The first-order chi connectivity index (χ1) is 18.5. The van der Waals surface area contributed by atoms with Gasteiger partial charge in [0, 0.05) is 11.5 Å². The zero-order valence-corrected chi connectivity index (χ0v) is 21.5. The molecule has 204 valence electrons. The second-order valence-electron chi connectivity index (χ2n) is 10.2. The molecule has 1 saturated carbocycles. The van der Waals surface area contributed by atoms with Crippen molar-refractivity contribution in [1.82, 2.24) is 0 Å². The maximum atomic E-state index is 14.4. The molecule has 0 saturated heterocycles.